The molecule has 312 valence electrons. The van der Waals surface area contributed by atoms with Crippen molar-refractivity contribution in [1.82, 2.24) is 5.32 Å². The fraction of sp³-hybridized carbons (Fsp3) is 0.837. The average Bonchev–Trinajstić information content (AvgIpc) is 3.10. The minimum Gasteiger partial charge on any atom is -0.756 e. The molecule has 0 aromatic heterocycles. The molecule has 0 aromatic rings. The molecule has 0 saturated carbocycles. The van der Waals surface area contributed by atoms with Gasteiger partial charge in [0, 0.05) is 6.42 Å². The summed E-state index contributed by atoms with van der Waals surface area (Å²) in [7, 11) is 1.10. The SMILES string of the molecule is CCCCC/C=C\C/C=C\CCCCCCCCCC(=O)NC(COP(=O)([O-])OCC[N+](C)(C)C)C(O)C(O)CCC/C=C/CCCCCCCCC. The van der Waals surface area contributed by atoms with Crippen LogP contribution in [0.3, 0.4) is 0 Å². The number of carbonyl (C=O) groups is 1. The lowest BCUT2D eigenvalue weighted by atomic mass is 10.0. The molecule has 9 nitrogen and oxygen atoms in total. The first-order valence-corrected chi connectivity index (χ1v) is 22.9. The molecular formula is C43H83N2O7P. The Morgan fingerprint density at radius 1 is 0.679 bits per heavy atom. The summed E-state index contributed by atoms with van der Waals surface area (Å²) in [6.07, 6.45) is 37.5. The first-order valence-electron chi connectivity index (χ1n) is 21.4. The highest BCUT2D eigenvalue weighted by Crippen LogP contribution is 2.38. The number of allylic oxidation sites excluding steroid dienone is 6. The number of quaternary nitrogens is 1. The van der Waals surface area contributed by atoms with E-state index < -0.39 is 32.7 Å². The van der Waals surface area contributed by atoms with Crippen molar-refractivity contribution in [2.45, 2.75) is 193 Å². The van der Waals surface area contributed by atoms with E-state index in [1.807, 2.05) is 21.1 Å². The van der Waals surface area contributed by atoms with Gasteiger partial charge in [0.1, 0.15) is 19.3 Å². The predicted octanol–water partition coefficient (Wildman–Crippen LogP) is 9.86. The van der Waals surface area contributed by atoms with Crippen molar-refractivity contribution in [3.05, 3.63) is 36.5 Å². The molecule has 0 aliphatic rings. The fourth-order valence-corrected chi connectivity index (χ4v) is 6.65. The molecule has 0 bridgehead atoms. The number of phosphoric ester groups is 1. The van der Waals surface area contributed by atoms with Gasteiger partial charge in [-0.15, -0.1) is 0 Å². The average molecular weight is 771 g/mol. The van der Waals surface area contributed by atoms with Gasteiger partial charge >= 0.3 is 0 Å². The summed E-state index contributed by atoms with van der Waals surface area (Å²) in [4.78, 5) is 25.3. The normalized spacial score (nSPS) is 15.4. The lowest BCUT2D eigenvalue weighted by Gasteiger charge is -2.31. The highest BCUT2D eigenvalue weighted by molar-refractivity contribution is 7.45. The third-order valence-electron chi connectivity index (χ3n) is 9.44. The fourth-order valence-electron chi connectivity index (χ4n) is 5.93. The van der Waals surface area contributed by atoms with Crippen LogP contribution >= 0.6 is 7.82 Å². The smallest absolute Gasteiger partial charge is 0.268 e. The number of amides is 1. The van der Waals surface area contributed by atoms with Gasteiger partial charge in [-0.2, -0.15) is 0 Å². The molecule has 0 aliphatic heterocycles. The van der Waals surface area contributed by atoms with Crippen LogP contribution in [0.4, 0.5) is 0 Å². The summed E-state index contributed by atoms with van der Waals surface area (Å²) < 4.78 is 23.1. The van der Waals surface area contributed by atoms with E-state index in [4.69, 9.17) is 9.05 Å². The third kappa shape index (κ3) is 36.1. The van der Waals surface area contributed by atoms with Gasteiger partial charge in [0.25, 0.3) is 7.82 Å². The van der Waals surface area contributed by atoms with Crippen molar-refractivity contribution in [2.24, 2.45) is 0 Å². The standard InChI is InChI=1S/C43H83N2O7P/c1-6-8-10-12-14-16-18-20-21-22-23-24-26-28-30-32-34-36-42(47)44-40(39-52-53(49,50)51-38-37-45(3,4)5)43(48)41(46)35-33-31-29-27-25-19-17-15-13-11-9-7-2/h14,16,20-21,27,29,40-41,43,46,48H,6-13,15,17-19,22-26,28,30-39H2,1-5H3,(H-,44,47,49,50)/b16-14-,21-20-,29-27+. The molecule has 10 heteroatoms. The van der Waals surface area contributed by atoms with Gasteiger partial charge in [0.2, 0.25) is 5.91 Å². The predicted molar refractivity (Wildman–Crippen MR) is 221 cm³/mol. The lowest BCUT2D eigenvalue weighted by molar-refractivity contribution is -0.870. The zero-order chi connectivity index (χ0) is 39.5. The Labute approximate surface area is 326 Å². The Morgan fingerprint density at radius 2 is 1.13 bits per heavy atom. The molecule has 0 spiro atoms. The Hall–Kier alpha value is -1.32. The van der Waals surface area contributed by atoms with Crippen LogP contribution in [0.2, 0.25) is 0 Å². The van der Waals surface area contributed by atoms with Gasteiger partial charge < -0.3 is 34.0 Å². The maximum Gasteiger partial charge on any atom is 0.268 e. The van der Waals surface area contributed by atoms with Crippen molar-refractivity contribution < 1.29 is 38.0 Å². The molecular weight excluding hydrogens is 687 g/mol. The number of aliphatic hydroxyl groups excluding tert-OH is 2. The monoisotopic (exact) mass is 771 g/mol. The molecule has 0 radical (unpaired) electrons. The van der Waals surface area contributed by atoms with Crippen LogP contribution in [0.25, 0.3) is 0 Å². The van der Waals surface area contributed by atoms with E-state index in [2.05, 4.69) is 55.6 Å². The number of hydrogen-bond donors (Lipinski definition) is 3. The van der Waals surface area contributed by atoms with Gasteiger partial charge in [-0.3, -0.25) is 9.36 Å². The van der Waals surface area contributed by atoms with E-state index in [-0.39, 0.29) is 18.9 Å². The van der Waals surface area contributed by atoms with Crippen molar-refractivity contribution in [1.29, 1.82) is 0 Å². The quantitative estimate of drug-likeness (QED) is 0.0247. The van der Waals surface area contributed by atoms with Crippen molar-refractivity contribution >= 4 is 13.7 Å². The van der Waals surface area contributed by atoms with E-state index >= 15 is 0 Å². The van der Waals surface area contributed by atoms with Crippen LogP contribution in [-0.4, -0.2) is 79.8 Å². The third-order valence-corrected chi connectivity index (χ3v) is 10.4. The van der Waals surface area contributed by atoms with Gasteiger partial charge in [-0.25, -0.2) is 0 Å². The highest BCUT2D eigenvalue weighted by Gasteiger charge is 2.29. The van der Waals surface area contributed by atoms with Gasteiger partial charge in [0.15, 0.2) is 0 Å². The number of hydrogen-bond acceptors (Lipinski definition) is 7. The largest absolute Gasteiger partial charge is 0.756 e. The van der Waals surface area contributed by atoms with Crippen LogP contribution in [-0.2, 0) is 18.4 Å². The lowest BCUT2D eigenvalue weighted by Crippen LogP contribution is -2.51. The number of carbonyl (C=O) groups excluding carboxylic acids is 1. The second-order valence-corrected chi connectivity index (χ2v) is 17.2. The molecule has 4 unspecified atom stereocenters. The summed E-state index contributed by atoms with van der Waals surface area (Å²) in [5, 5.41) is 24.5. The van der Waals surface area contributed by atoms with E-state index in [0.29, 0.717) is 30.3 Å². The number of phosphoric acid groups is 1. The van der Waals surface area contributed by atoms with E-state index in [1.165, 1.54) is 89.9 Å². The Morgan fingerprint density at radius 3 is 1.68 bits per heavy atom. The van der Waals surface area contributed by atoms with Crippen LogP contribution in [0, 0.1) is 0 Å². The minimum absolute atomic E-state index is 0.0485. The topological polar surface area (TPSA) is 128 Å². The molecule has 0 aliphatic carbocycles. The van der Waals surface area contributed by atoms with Crippen molar-refractivity contribution in [3.8, 4) is 0 Å². The first kappa shape index (κ1) is 51.7. The molecule has 3 N–H and O–H groups in total. The highest BCUT2D eigenvalue weighted by atomic mass is 31.2. The summed E-state index contributed by atoms with van der Waals surface area (Å²) in [6.45, 7) is 4.36. The first-order chi connectivity index (χ1) is 25.4. The Bertz CT molecular complexity index is 982. The summed E-state index contributed by atoms with van der Waals surface area (Å²) in [5.74, 6) is -0.299. The molecule has 4 atom stereocenters. The number of unbranched alkanes of at least 4 members (excludes halogenated alkanes) is 18. The molecule has 0 rings (SSSR count). The summed E-state index contributed by atoms with van der Waals surface area (Å²) in [6, 6.07) is -1.09. The number of rotatable bonds is 38. The maximum absolute atomic E-state index is 12.9. The van der Waals surface area contributed by atoms with Crippen LogP contribution in [0.5, 0.6) is 0 Å². The number of likely N-dealkylation sites (N-methyl/N-ethyl adjacent to an activating group) is 1. The van der Waals surface area contributed by atoms with Crippen molar-refractivity contribution in [3.63, 3.8) is 0 Å². The van der Waals surface area contributed by atoms with Gasteiger partial charge in [-0.1, -0.05) is 134 Å². The maximum atomic E-state index is 12.9. The van der Waals surface area contributed by atoms with Gasteiger partial charge in [-0.05, 0) is 70.6 Å². The van der Waals surface area contributed by atoms with Crippen LogP contribution in [0.1, 0.15) is 174 Å². The second-order valence-electron chi connectivity index (χ2n) is 15.8. The zero-order valence-electron chi connectivity index (χ0n) is 34.8. The molecule has 53 heavy (non-hydrogen) atoms. The van der Waals surface area contributed by atoms with Gasteiger partial charge in [0.05, 0.1) is 39.9 Å². The van der Waals surface area contributed by atoms with Crippen LogP contribution in [0.15, 0.2) is 36.5 Å². The van der Waals surface area contributed by atoms with Crippen LogP contribution < -0.4 is 10.2 Å². The van der Waals surface area contributed by atoms with E-state index in [9.17, 15) is 24.5 Å². The van der Waals surface area contributed by atoms with E-state index in [1.54, 1.807) is 0 Å². The number of aliphatic hydroxyl groups is 2. The zero-order valence-corrected chi connectivity index (χ0v) is 35.7. The number of nitrogens with one attached hydrogen (secondary N) is 1. The molecule has 0 aromatic carbocycles. The summed E-state index contributed by atoms with van der Waals surface area (Å²) >= 11 is 0. The molecule has 1 amide bonds. The molecule has 0 saturated heterocycles. The van der Waals surface area contributed by atoms with E-state index in [0.717, 1.165) is 44.9 Å². The Kier molecular flexibility index (Phi) is 34.2. The minimum atomic E-state index is -4.67. The Balaban J connectivity index is 4.57. The second kappa shape index (κ2) is 35.1. The molecule has 0 fully saturated rings. The molecule has 0 heterocycles. The number of nitrogens with zero attached hydrogens (tertiary/aromatic N) is 1. The summed E-state index contributed by atoms with van der Waals surface area (Å²) in [5.41, 5.74) is 0. The van der Waals surface area contributed by atoms with Crippen molar-refractivity contribution in [2.75, 3.05) is 40.9 Å².